The van der Waals surface area contributed by atoms with Crippen LogP contribution in [0.5, 0.6) is 0 Å². The van der Waals surface area contributed by atoms with Gasteiger partial charge in [0.1, 0.15) is 0 Å². The summed E-state index contributed by atoms with van der Waals surface area (Å²) in [6.45, 7) is 7.72. The van der Waals surface area contributed by atoms with Crippen LogP contribution in [-0.4, -0.2) is 8.07 Å². The van der Waals surface area contributed by atoms with Gasteiger partial charge in [-0.15, -0.1) is 0 Å². The monoisotopic (exact) mass is 314 g/mol. The maximum atomic E-state index is 8.93. The quantitative estimate of drug-likeness (QED) is 0.851. The van der Waals surface area contributed by atoms with Crippen molar-refractivity contribution in [2.24, 2.45) is 0 Å². The van der Waals surface area contributed by atoms with Crippen molar-refractivity contribution in [1.29, 1.82) is 5.26 Å². The van der Waals surface area contributed by atoms with Crippen molar-refractivity contribution in [3.8, 4) is 6.07 Å². The average molecular weight is 315 g/mol. The van der Waals surface area contributed by atoms with Gasteiger partial charge < -0.3 is 5.32 Å². The van der Waals surface area contributed by atoms with Crippen molar-refractivity contribution < 1.29 is 0 Å². The van der Waals surface area contributed by atoms with E-state index in [-0.39, 0.29) is 0 Å². The van der Waals surface area contributed by atoms with Gasteiger partial charge in [-0.1, -0.05) is 60.7 Å². The van der Waals surface area contributed by atoms with E-state index in [1.165, 1.54) is 10.8 Å². The first-order chi connectivity index (χ1) is 9.90. The molecule has 0 radical (unpaired) electrons. The molecule has 0 aromatic heterocycles. The largest absolute Gasteiger partial charge is 0.380 e. The van der Waals surface area contributed by atoms with Gasteiger partial charge in [-0.2, -0.15) is 5.26 Å². The van der Waals surface area contributed by atoms with Crippen LogP contribution in [0.15, 0.2) is 42.5 Å². The van der Waals surface area contributed by atoms with E-state index in [1.54, 1.807) is 18.2 Å². The molecule has 0 unspecified atom stereocenters. The predicted molar refractivity (Wildman–Crippen MR) is 92.9 cm³/mol. The maximum Gasteiger partial charge on any atom is 0.0992 e. The lowest BCUT2D eigenvalue weighted by Gasteiger charge is -2.17. The summed E-state index contributed by atoms with van der Waals surface area (Å²) in [4.78, 5) is 0. The zero-order valence-electron chi connectivity index (χ0n) is 12.6. The van der Waals surface area contributed by atoms with E-state index < -0.39 is 8.07 Å². The molecule has 0 aliphatic carbocycles. The summed E-state index contributed by atoms with van der Waals surface area (Å²) >= 11 is 6.14. The normalized spacial score (nSPS) is 11.0. The first-order valence-corrected chi connectivity index (χ1v) is 10.8. The Hall–Kier alpha value is -1.76. The van der Waals surface area contributed by atoms with Gasteiger partial charge in [0.25, 0.3) is 0 Å². The summed E-state index contributed by atoms with van der Waals surface area (Å²) in [5.41, 5.74) is 2.61. The maximum absolute atomic E-state index is 8.93. The first-order valence-electron chi connectivity index (χ1n) is 6.93. The highest BCUT2D eigenvalue weighted by molar-refractivity contribution is 6.88. The molecule has 0 atom stereocenters. The molecule has 2 nitrogen and oxygen atoms in total. The fourth-order valence-electron chi connectivity index (χ4n) is 2.05. The van der Waals surface area contributed by atoms with Gasteiger partial charge in [-0.05, 0) is 23.8 Å². The zero-order chi connectivity index (χ0) is 15.5. The van der Waals surface area contributed by atoms with Crippen LogP contribution < -0.4 is 10.5 Å². The number of nitrogens with zero attached hydrogens (tertiary/aromatic N) is 1. The lowest BCUT2D eigenvalue weighted by atomic mass is 10.2. The van der Waals surface area contributed by atoms with Crippen molar-refractivity contribution >= 4 is 30.5 Å². The molecule has 0 bridgehead atoms. The second-order valence-electron chi connectivity index (χ2n) is 6.11. The van der Waals surface area contributed by atoms with Crippen LogP contribution in [0.2, 0.25) is 24.7 Å². The number of halogens is 1. The van der Waals surface area contributed by atoms with Gasteiger partial charge in [-0.3, -0.25) is 0 Å². The number of rotatable bonds is 4. The minimum atomic E-state index is -1.24. The van der Waals surface area contributed by atoms with E-state index in [0.717, 1.165) is 5.69 Å². The smallest absolute Gasteiger partial charge is 0.0992 e. The minimum Gasteiger partial charge on any atom is -0.380 e. The summed E-state index contributed by atoms with van der Waals surface area (Å²) in [7, 11) is -1.24. The molecule has 2 aromatic carbocycles. The van der Waals surface area contributed by atoms with Gasteiger partial charge in [0.15, 0.2) is 0 Å². The average Bonchev–Trinajstić information content (AvgIpc) is 2.46. The molecular formula is C17H19ClN2Si. The van der Waals surface area contributed by atoms with Crippen molar-refractivity contribution in [2.45, 2.75) is 26.2 Å². The highest BCUT2D eigenvalue weighted by Gasteiger charge is 2.15. The number of hydrogen-bond acceptors (Lipinski definition) is 2. The molecule has 1 N–H and O–H groups in total. The summed E-state index contributed by atoms with van der Waals surface area (Å²) in [6.07, 6.45) is 0. The third-order valence-electron chi connectivity index (χ3n) is 3.40. The molecule has 108 valence electrons. The second kappa shape index (κ2) is 6.34. The molecule has 2 rings (SSSR count). The molecule has 0 aliphatic rings. The topological polar surface area (TPSA) is 35.8 Å². The fourth-order valence-corrected chi connectivity index (χ4v) is 3.40. The second-order valence-corrected chi connectivity index (χ2v) is 11.6. The van der Waals surface area contributed by atoms with Crippen molar-refractivity contribution in [2.75, 3.05) is 5.32 Å². The summed E-state index contributed by atoms with van der Waals surface area (Å²) in [5.74, 6) is 0. The van der Waals surface area contributed by atoms with Crippen LogP contribution in [0, 0.1) is 11.3 Å². The van der Waals surface area contributed by atoms with Crippen LogP contribution in [0.1, 0.15) is 11.1 Å². The summed E-state index contributed by atoms with van der Waals surface area (Å²) < 4.78 is 0. The molecule has 0 saturated carbocycles. The molecule has 0 amide bonds. The lowest BCUT2D eigenvalue weighted by Crippen LogP contribution is -2.37. The summed E-state index contributed by atoms with van der Waals surface area (Å²) in [5, 5.41) is 14.3. The Morgan fingerprint density at radius 2 is 1.76 bits per heavy atom. The Balaban J connectivity index is 2.08. The Kier molecular flexibility index (Phi) is 4.72. The van der Waals surface area contributed by atoms with Gasteiger partial charge in [-0.25, -0.2) is 0 Å². The van der Waals surface area contributed by atoms with Crippen LogP contribution in [0.3, 0.4) is 0 Å². The Bertz CT molecular complexity index is 667. The van der Waals surface area contributed by atoms with Gasteiger partial charge >= 0.3 is 0 Å². The zero-order valence-corrected chi connectivity index (χ0v) is 14.3. The highest BCUT2D eigenvalue weighted by atomic mass is 35.5. The third kappa shape index (κ3) is 4.10. The third-order valence-corrected chi connectivity index (χ3v) is 5.79. The molecule has 4 heteroatoms. The van der Waals surface area contributed by atoms with E-state index in [1.807, 2.05) is 0 Å². The number of nitrogens with one attached hydrogen (secondary N) is 1. The van der Waals surface area contributed by atoms with Gasteiger partial charge in [0, 0.05) is 6.54 Å². The number of anilines is 1. The highest BCUT2D eigenvalue weighted by Crippen LogP contribution is 2.23. The van der Waals surface area contributed by atoms with Crippen LogP contribution in [0.4, 0.5) is 5.69 Å². The van der Waals surface area contributed by atoms with Gasteiger partial charge in [0.2, 0.25) is 0 Å². The molecule has 2 aromatic rings. The standard InChI is InChI=1S/C17H19ClN2Si/c1-21(2,3)15-7-4-13(5-8-15)12-20-17-10-14(11-19)6-9-16(17)18/h4-10,20H,12H2,1-3H3. The Morgan fingerprint density at radius 1 is 1.10 bits per heavy atom. The summed E-state index contributed by atoms with van der Waals surface area (Å²) in [6, 6.07) is 16.1. The van der Waals surface area contributed by atoms with E-state index in [9.17, 15) is 0 Å². The lowest BCUT2D eigenvalue weighted by molar-refractivity contribution is 1.15. The van der Waals surface area contributed by atoms with Crippen LogP contribution in [-0.2, 0) is 6.54 Å². The number of hydrogen-bond donors (Lipinski definition) is 1. The fraction of sp³-hybridized carbons (Fsp3) is 0.235. The van der Waals surface area contributed by atoms with Crippen molar-refractivity contribution in [3.05, 3.63) is 58.6 Å². The Morgan fingerprint density at radius 3 is 2.33 bits per heavy atom. The van der Waals surface area contributed by atoms with E-state index in [0.29, 0.717) is 17.1 Å². The van der Waals surface area contributed by atoms with E-state index >= 15 is 0 Å². The number of benzene rings is 2. The van der Waals surface area contributed by atoms with Crippen molar-refractivity contribution in [1.82, 2.24) is 0 Å². The first kappa shape index (κ1) is 15.6. The molecule has 21 heavy (non-hydrogen) atoms. The molecule has 0 fully saturated rings. The minimum absolute atomic E-state index is 0.607. The van der Waals surface area contributed by atoms with Crippen molar-refractivity contribution in [3.63, 3.8) is 0 Å². The van der Waals surface area contributed by atoms with Crippen LogP contribution in [0.25, 0.3) is 0 Å². The molecule has 0 aliphatic heterocycles. The predicted octanol–water partition coefficient (Wildman–Crippen LogP) is 4.37. The van der Waals surface area contributed by atoms with E-state index in [4.69, 9.17) is 16.9 Å². The van der Waals surface area contributed by atoms with Crippen LogP contribution >= 0.6 is 11.6 Å². The molecule has 0 spiro atoms. The number of nitriles is 1. The molecule has 0 saturated heterocycles. The molecule has 0 heterocycles. The molecular weight excluding hydrogens is 296 g/mol. The van der Waals surface area contributed by atoms with E-state index in [2.05, 4.69) is 55.3 Å². The SMILES string of the molecule is C[Si](C)(C)c1ccc(CNc2cc(C#N)ccc2Cl)cc1. The Labute approximate surface area is 132 Å². The van der Waals surface area contributed by atoms with Gasteiger partial charge in [0.05, 0.1) is 30.4 Å².